The van der Waals surface area contributed by atoms with Gasteiger partial charge in [0.25, 0.3) is 5.56 Å². The highest BCUT2D eigenvalue weighted by molar-refractivity contribution is 5.84. The van der Waals surface area contributed by atoms with Crippen LogP contribution in [0, 0.1) is 0 Å². The maximum absolute atomic E-state index is 11.7. The minimum Gasteiger partial charge on any atom is -0.493 e. The Balaban J connectivity index is 2.33. The molecule has 0 aliphatic rings. The highest BCUT2D eigenvalue weighted by Gasteiger charge is 2.07. The molecule has 7 heteroatoms. The smallest absolute Gasteiger partial charge is 0.329 e. The van der Waals surface area contributed by atoms with Crippen LogP contribution in [0.15, 0.2) is 45.0 Å². The maximum Gasteiger partial charge on any atom is 0.329 e. The molecular weight excluding hydrogens is 296 g/mol. The summed E-state index contributed by atoms with van der Waals surface area (Å²) in [4.78, 5) is 26.1. The van der Waals surface area contributed by atoms with E-state index >= 15 is 0 Å². The largest absolute Gasteiger partial charge is 0.493 e. The van der Waals surface area contributed by atoms with Crippen molar-refractivity contribution < 1.29 is 4.74 Å². The lowest BCUT2D eigenvalue weighted by molar-refractivity contribution is 0.340. The van der Waals surface area contributed by atoms with E-state index in [-0.39, 0.29) is 5.56 Å². The minimum absolute atomic E-state index is 0.353. The van der Waals surface area contributed by atoms with Gasteiger partial charge in [-0.05, 0) is 26.0 Å². The van der Waals surface area contributed by atoms with E-state index in [1.165, 1.54) is 13.1 Å². The summed E-state index contributed by atoms with van der Waals surface area (Å²) < 4.78 is 6.55. The molecule has 0 radical (unpaired) electrons. The molecule has 0 saturated heterocycles. The number of nitrogens with zero attached hydrogens (tertiary/aromatic N) is 3. The Labute approximate surface area is 133 Å². The maximum atomic E-state index is 11.7. The molecule has 0 atom stereocenters. The first kappa shape index (κ1) is 16.5. The molecule has 0 fully saturated rings. The van der Waals surface area contributed by atoms with Crippen molar-refractivity contribution in [3.05, 3.63) is 56.7 Å². The van der Waals surface area contributed by atoms with Crippen molar-refractivity contribution in [2.75, 3.05) is 18.2 Å². The van der Waals surface area contributed by atoms with Crippen molar-refractivity contribution >= 4 is 12.0 Å². The molecule has 0 aliphatic carbocycles. The zero-order valence-corrected chi connectivity index (χ0v) is 13.4. The molecular formula is C16H20N4O3. The van der Waals surface area contributed by atoms with Crippen LogP contribution in [0.25, 0.3) is 0 Å². The summed E-state index contributed by atoms with van der Waals surface area (Å²) in [6.45, 7) is 4.85. The summed E-state index contributed by atoms with van der Waals surface area (Å²) in [5, 5.41) is 5.89. The van der Waals surface area contributed by atoms with Gasteiger partial charge in [0.05, 0.1) is 12.8 Å². The summed E-state index contributed by atoms with van der Waals surface area (Å²) in [6, 6.07) is 8.87. The fourth-order valence-electron chi connectivity index (χ4n) is 2.00. The van der Waals surface area contributed by atoms with Gasteiger partial charge in [0.15, 0.2) is 0 Å². The number of aromatic amines is 1. The summed E-state index contributed by atoms with van der Waals surface area (Å²) in [7, 11) is 1.42. The van der Waals surface area contributed by atoms with E-state index in [1.807, 2.05) is 38.1 Å². The van der Waals surface area contributed by atoms with Crippen LogP contribution in [0.2, 0.25) is 0 Å². The van der Waals surface area contributed by atoms with Gasteiger partial charge in [0.2, 0.25) is 0 Å². The topological polar surface area (TPSA) is 79.7 Å². The monoisotopic (exact) mass is 316 g/mol. The zero-order chi connectivity index (χ0) is 16.8. The molecule has 1 aromatic carbocycles. The van der Waals surface area contributed by atoms with E-state index in [9.17, 15) is 9.59 Å². The van der Waals surface area contributed by atoms with Crippen LogP contribution in [0.3, 0.4) is 0 Å². The average Bonchev–Trinajstić information content (AvgIpc) is 2.54. The van der Waals surface area contributed by atoms with E-state index in [4.69, 9.17) is 4.74 Å². The lowest BCUT2D eigenvalue weighted by Crippen LogP contribution is -2.34. The first-order valence-corrected chi connectivity index (χ1v) is 7.40. The number of hydrogen-bond acceptors (Lipinski definition) is 5. The molecule has 0 bridgehead atoms. The molecule has 0 unspecified atom stereocenters. The molecule has 1 aromatic heterocycles. The van der Waals surface area contributed by atoms with Crippen LogP contribution in [0.4, 0.5) is 5.82 Å². The molecule has 0 aliphatic heterocycles. The number of hydrogen-bond donors (Lipinski definition) is 1. The molecule has 1 heterocycles. The number of aromatic nitrogens is 2. The van der Waals surface area contributed by atoms with Crippen LogP contribution in [-0.2, 0) is 7.05 Å². The molecule has 0 amide bonds. The van der Waals surface area contributed by atoms with Crippen molar-refractivity contribution in [2.45, 2.75) is 13.8 Å². The Kier molecular flexibility index (Phi) is 5.35. The second kappa shape index (κ2) is 7.44. The predicted octanol–water partition coefficient (Wildman–Crippen LogP) is 1.33. The van der Waals surface area contributed by atoms with Gasteiger partial charge < -0.3 is 4.74 Å². The highest BCUT2D eigenvalue weighted by Crippen LogP contribution is 2.16. The van der Waals surface area contributed by atoms with Crippen LogP contribution >= 0.6 is 0 Å². The number of para-hydroxylation sites is 1. The van der Waals surface area contributed by atoms with Gasteiger partial charge in [-0.15, -0.1) is 0 Å². The third kappa shape index (κ3) is 3.88. The summed E-state index contributed by atoms with van der Waals surface area (Å²) in [5.41, 5.74) is -0.0398. The number of nitrogens with one attached hydrogen (secondary N) is 1. The van der Waals surface area contributed by atoms with Gasteiger partial charge in [-0.2, -0.15) is 5.10 Å². The minimum atomic E-state index is -0.476. The van der Waals surface area contributed by atoms with Gasteiger partial charge in [0.1, 0.15) is 11.6 Å². The fourth-order valence-corrected chi connectivity index (χ4v) is 2.00. The van der Waals surface area contributed by atoms with Gasteiger partial charge in [-0.25, -0.2) is 9.80 Å². The molecule has 1 N–H and O–H groups in total. The van der Waals surface area contributed by atoms with Crippen molar-refractivity contribution in [1.29, 1.82) is 0 Å². The number of rotatable bonds is 6. The Morgan fingerprint density at radius 1 is 1.30 bits per heavy atom. The van der Waals surface area contributed by atoms with E-state index in [0.717, 1.165) is 15.9 Å². The lowest BCUT2D eigenvalue weighted by Gasteiger charge is -2.16. The second-order valence-corrected chi connectivity index (χ2v) is 4.79. The molecule has 23 heavy (non-hydrogen) atoms. The molecule has 0 saturated carbocycles. The van der Waals surface area contributed by atoms with E-state index in [2.05, 4.69) is 10.1 Å². The number of ether oxygens (including phenoxy) is 1. The second-order valence-electron chi connectivity index (χ2n) is 4.79. The summed E-state index contributed by atoms with van der Waals surface area (Å²) in [5.74, 6) is 1.08. The number of H-pyrrole nitrogens is 1. The standard InChI is InChI=1S/C16H20N4O3/c1-4-20(14-10-15(21)19(3)16(22)18-14)17-11-12-8-6-7-9-13(12)23-5-2/h6-11H,4-5H2,1-3H3,(H,18,22). The van der Waals surface area contributed by atoms with E-state index in [1.54, 1.807) is 11.2 Å². The zero-order valence-electron chi connectivity index (χ0n) is 13.4. The number of hydrazone groups is 1. The normalized spacial score (nSPS) is 10.9. The Bertz CT molecular complexity index is 776. The van der Waals surface area contributed by atoms with Gasteiger partial charge in [0, 0.05) is 25.2 Å². The van der Waals surface area contributed by atoms with Crippen LogP contribution in [-0.4, -0.2) is 28.9 Å². The van der Waals surface area contributed by atoms with E-state index in [0.29, 0.717) is 19.0 Å². The van der Waals surface area contributed by atoms with E-state index < -0.39 is 5.69 Å². The molecule has 0 spiro atoms. The Morgan fingerprint density at radius 2 is 2.04 bits per heavy atom. The van der Waals surface area contributed by atoms with Crippen molar-refractivity contribution in [1.82, 2.24) is 9.55 Å². The molecule has 122 valence electrons. The van der Waals surface area contributed by atoms with Gasteiger partial charge in [-0.3, -0.25) is 14.3 Å². The highest BCUT2D eigenvalue weighted by atomic mass is 16.5. The first-order valence-electron chi connectivity index (χ1n) is 7.40. The third-order valence-electron chi connectivity index (χ3n) is 3.26. The third-order valence-corrected chi connectivity index (χ3v) is 3.26. The molecule has 2 rings (SSSR count). The van der Waals surface area contributed by atoms with Crippen LogP contribution in [0.5, 0.6) is 5.75 Å². The fraction of sp³-hybridized carbons (Fsp3) is 0.312. The molecule has 7 nitrogen and oxygen atoms in total. The quantitative estimate of drug-likeness (QED) is 0.644. The SMILES string of the molecule is CCOc1ccccc1C=NN(CC)c1cc(=O)n(C)c(=O)[nH]1. The van der Waals surface area contributed by atoms with Gasteiger partial charge in [-0.1, -0.05) is 12.1 Å². The number of benzene rings is 1. The van der Waals surface area contributed by atoms with Crippen molar-refractivity contribution in [3.63, 3.8) is 0 Å². The summed E-state index contributed by atoms with van der Waals surface area (Å²) >= 11 is 0. The van der Waals surface area contributed by atoms with Gasteiger partial charge >= 0.3 is 5.69 Å². The predicted molar refractivity (Wildman–Crippen MR) is 90.5 cm³/mol. The Hall–Kier alpha value is -2.83. The average molecular weight is 316 g/mol. The van der Waals surface area contributed by atoms with Crippen LogP contribution < -0.4 is 21.0 Å². The molecule has 2 aromatic rings. The Morgan fingerprint density at radius 3 is 2.70 bits per heavy atom. The lowest BCUT2D eigenvalue weighted by atomic mass is 10.2. The first-order chi connectivity index (χ1) is 11.1. The number of anilines is 1. The summed E-state index contributed by atoms with van der Waals surface area (Å²) in [6.07, 6.45) is 1.64. The van der Waals surface area contributed by atoms with Crippen molar-refractivity contribution in [3.8, 4) is 5.75 Å². The van der Waals surface area contributed by atoms with Crippen LogP contribution in [0.1, 0.15) is 19.4 Å². The van der Waals surface area contributed by atoms with Crippen molar-refractivity contribution in [2.24, 2.45) is 12.1 Å².